The Morgan fingerprint density at radius 1 is 0.913 bits per heavy atom. The fraction of sp³-hybridized carbons (Fsp3) is 0.381. The van der Waals surface area contributed by atoms with Crippen LogP contribution in [0, 0.1) is 0 Å². The van der Waals surface area contributed by atoms with Crippen molar-refractivity contribution < 1.29 is 4.42 Å². The van der Waals surface area contributed by atoms with Crippen LogP contribution in [0.25, 0.3) is 22.6 Å². The Morgan fingerprint density at radius 3 is 2.39 bits per heavy atom. The second-order valence-corrected chi connectivity index (χ2v) is 6.20. The lowest BCUT2D eigenvalue weighted by Crippen LogP contribution is -1.91. The smallest absolute Gasteiger partial charge is 0.227 e. The third-order valence-corrected chi connectivity index (χ3v) is 4.27. The standard InChI is InChI=1S/C21H25NO/c1-3-5-10-16-14-18(11-6-4-2)20-19(15-16)22-21(23-20)17-12-8-7-9-13-17/h7-9,12-15H,3-6,10-11H2,1-2H3. The highest BCUT2D eigenvalue weighted by Crippen LogP contribution is 2.29. The minimum absolute atomic E-state index is 0.728. The van der Waals surface area contributed by atoms with Gasteiger partial charge >= 0.3 is 0 Å². The number of oxazole rings is 1. The second-order valence-electron chi connectivity index (χ2n) is 6.20. The molecule has 0 unspecified atom stereocenters. The third-order valence-electron chi connectivity index (χ3n) is 4.27. The fourth-order valence-electron chi connectivity index (χ4n) is 2.95. The highest BCUT2D eigenvalue weighted by Gasteiger charge is 2.13. The first-order chi connectivity index (χ1) is 11.3. The molecule has 1 aromatic heterocycles. The van der Waals surface area contributed by atoms with Gasteiger partial charge in [0.25, 0.3) is 0 Å². The molecule has 23 heavy (non-hydrogen) atoms. The molecule has 0 atom stereocenters. The summed E-state index contributed by atoms with van der Waals surface area (Å²) in [6, 6.07) is 14.7. The molecule has 0 spiro atoms. The average Bonchev–Trinajstić information content (AvgIpc) is 3.03. The van der Waals surface area contributed by atoms with Crippen molar-refractivity contribution >= 4 is 11.1 Å². The minimum atomic E-state index is 0.728. The SMILES string of the molecule is CCCCc1cc(CCCC)c2oc(-c3ccccc3)nc2c1. The normalized spacial score (nSPS) is 11.2. The zero-order valence-electron chi connectivity index (χ0n) is 14.1. The summed E-state index contributed by atoms with van der Waals surface area (Å²) in [5.41, 5.74) is 5.71. The molecular formula is C21H25NO. The first kappa shape index (κ1) is 15.8. The molecule has 0 fully saturated rings. The van der Waals surface area contributed by atoms with Gasteiger partial charge in [-0.25, -0.2) is 4.98 Å². The highest BCUT2D eigenvalue weighted by atomic mass is 16.3. The number of rotatable bonds is 7. The Morgan fingerprint density at radius 2 is 1.65 bits per heavy atom. The molecule has 0 saturated heterocycles. The summed E-state index contributed by atoms with van der Waals surface area (Å²) in [6.07, 6.45) is 7.02. The van der Waals surface area contributed by atoms with Gasteiger partial charge in [0.15, 0.2) is 5.58 Å². The van der Waals surface area contributed by atoms with E-state index < -0.39 is 0 Å². The van der Waals surface area contributed by atoms with E-state index >= 15 is 0 Å². The van der Waals surface area contributed by atoms with Gasteiger partial charge in [-0.05, 0) is 55.0 Å². The van der Waals surface area contributed by atoms with E-state index in [1.165, 1.54) is 36.8 Å². The lowest BCUT2D eigenvalue weighted by Gasteiger charge is -2.05. The van der Waals surface area contributed by atoms with Gasteiger partial charge < -0.3 is 4.42 Å². The Bertz CT molecular complexity index is 758. The van der Waals surface area contributed by atoms with E-state index in [0.717, 1.165) is 35.4 Å². The van der Waals surface area contributed by atoms with E-state index in [9.17, 15) is 0 Å². The maximum atomic E-state index is 6.13. The first-order valence-corrected chi connectivity index (χ1v) is 8.79. The van der Waals surface area contributed by atoms with Gasteiger partial charge in [-0.2, -0.15) is 0 Å². The van der Waals surface area contributed by atoms with Crippen molar-refractivity contribution in [1.82, 2.24) is 4.98 Å². The molecule has 0 aliphatic carbocycles. The summed E-state index contributed by atoms with van der Waals surface area (Å²) >= 11 is 0. The van der Waals surface area contributed by atoms with Crippen molar-refractivity contribution in [2.45, 2.75) is 52.4 Å². The summed E-state index contributed by atoms with van der Waals surface area (Å²) in [4.78, 5) is 4.75. The predicted molar refractivity (Wildman–Crippen MR) is 96.7 cm³/mol. The summed E-state index contributed by atoms with van der Waals surface area (Å²) in [5, 5.41) is 0. The Balaban J connectivity index is 2.03. The quantitative estimate of drug-likeness (QED) is 0.521. The molecule has 2 aromatic carbocycles. The fourth-order valence-corrected chi connectivity index (χ4v) is 2.95. The van der Waals surface area contributed by atoms with E-state index in [2.05, 4.69) is 38.1 Å². The van der Waals surface area contributed by atoms with Gasteiger partial charge in [0, 0.05) is 5.56 Å². The van der Waals surface area contributed by atoms with E-state index in [4.69, 9.17) is 9.40 Å². The van der Waals surface area contributed by atoms with Crippen molar-refractivity contribution in [3.8, 4) is 11.5 Å². The van der Waals surface area contributed by atoms with Crippen LogP contribution in [0.4, 0.5) is 0 Å². The van der Waals surface area contributed by atoms with Gasteiger partial charge in [0.05, 0.1) is 0 Å². The molecule has 120 valence electrons. The largest absolute Gasteiger partial charge is 0.436 e. The van der Waals surface area contributed by atoms with Gasteiger partial charge in [-0.3, -0.25) is 0 Å². The summed E-state index contributed by atoms with van der Waals surface area (Å²) < 4.78 is 6.13. The molecule has 0 N–H and O–H groups in total. The van der Waals surface area contributed by atoms with E-state index in [1.54, 1.807) is 0 Å². The van der Waals surface area contributed by atoms with Crippen LogP contribution >= 0.6 is 0 Å². The molecule has 0 bridgehead atoms. The maximum Gasteiger partial charge on any atom is 0.227 e. The van der Waals surface area contributed by atoms with E-state index in [0.29, 0.717) is 0 Å². The monoisotopic (exact) mass is 307 g/mol. The molecule has 0 amide bonds. The van der Waals surface area contributed by atoms with Crippen molar-refractivity contribution in [1.29, 1.82) is 0 Å². The molecular weight excluding hydrogens is 282 g/mol. The van der Waals surface area contributed by atoms with Crippen molar-refractivity contribution in [2.75, 3.05) is 0 Å². The van der Waals surface area contributed by atoms with Crippen LogP contribution in [-0.2, 0) is 12.8 Å². The van der Waals surface area contributed by atoms with Crippen LogP contribution < -0.4 is 0 Å². The van der Waals surface area contributed by atoms with Gasteiger partial charge in [-0.1, -0.05) is 51.0 Å². The number of aryl methyl sites for hydroxylation is 2. The van der Waals surface area contributed by atoms with Crippen LogP contribution in [0.1, 0.15) is 50.7 Å². The van der Waals surface area contributed by atoms with Gasteiger partial charge in [-0.15, -0.1) is 0 Å². The molecule has 0 aliphatic heterocycles. The molecule has 0 radical (unpaired) electrons. The lowest BCUT2D eigenvalue weighted by atomic mass is 10.0. The number of nitrogens with zero attached hydrogens (tertiary/aromatic N) is 1. The number of hydrogen-bond acceptors (Lipinski definition) is 2. The Hall–Kier alpha value is -2.09. The molecule has 3 rings (SSSR count). The summed E-state index contributed by atoms with van der Waals surface area (Å²) in [7, 11) is 0. The molecule has 2 nitrogen and oxygen atoms in total. The molecule has 0 saturated carbocycles. The van der Waals surface area contributed by atoms with E-state index in [1.807, 2.05) is 18.2 Å². The topological polar surface area (TPSA) is 26.0 Å². The van der Waals surface area contributed by atoms with Crippen molar-refractivity contribution in [2.24, 2.45) is 0 Å². The van der Waals surface area contributed by atoms with Crippen LogP contribution in [0.15, 0.2) is 46.9 Å². The zero-order valence-corrected chi connectivity index (χ0v) is 14.1. The van der Waals surface area contributed by atoms with Crippen LogP contribution in [0.5, 0.6) is 0 Å². The summed E-state index contributed by atoms with van der Waals surface area (Å²) in [5.74, 6) is 0.728. The Labute approximate surface area is 138 Å². The maximum absolute atomic E-state index is 6.13. The number of hydrogen-bond donors (Lipinski definition) is 0. The average molecular weight is 307 g/mol. The predicted octanol–water partition coefficient (Wildman–Crippen LogP) is 6.18. The number of aromatic nitrogens is 1. The van der Waals surface area contributed by atoms with Crippen LogP contribution in [0.3, 0.4) is 0 Å². The zero-order chi connectivity index (χ0) is 16.1. The van der Waals surface area contributed by atoms with Crippen molar-refractivity contribution in [3.63, 3.8) is 0 Å². The molecule has 2 heteroatoms. The van der Waals surface area contributed by atoms with Crippen molar-refractivity contribution in [3.05, 3.63) is 53.6 Å². The lowest BCUT2D eigenvalue weighted by molar-refractivity contribution is 0.612. The van der Waals surface area contributed by atoms with Gasteiger partial charge in [0.2, 0.25) is 5.89 Å². The molecule has 3 aromatic rings. The minimum Gasteiger partial charge on any atom is -0.436 e. The Kier molecular flexibility index (Phi) is 5.12. The molecule has 0 aliphatic rings. The number of benzene rings is 2. The van der Waals surface area contributed by atoms with Crippen LogP contribution in [0.2, 0.25) is 0 Å². The van der Waals surface area contributed by atoms with Gasteiger partial charge in [0.1, 0.15) is 5.52 Å². The first-order valence-electron chi connectivity index (χ1n) is 8.79. The molecule has 1 heterocycles. The second kappa shape index (κ2) is 7.45. The summed E-state index contributed by atoms with van der Waals surface area (Å²) in [6.45, 7) is 4.47. The number of fused-ring (bicyclic) bond motifs is 1. The van der Waals surface area contributed by atoms with E-state index in [-0.39, 0.29) is 0 Å². The van der Waals surface area contributed by atoms with Crippen LogP contribution in [-0.4, -0.2) is 4.98 Å². The highest BCUT2D eigenvalue weighted by molar-refractivity contribution is 5.80. The number of unbranched alkanes of at least 4 members (excludes halogenated alkanes) is 2. The third kappa shape index (κ3) is 3.64.